The zero-order chi connectivity index (χ0) is 5.28. The van der Waals surface area contributed by atoms with Gasteiger partial charge in [-0.1, -0.05) is 22.9 Å². The lowest BCUT2D eigenvalue weighted by Crippen LogP contribution is -1.90. The molecule has 0 bridgehead atoms. The summed E-state index contributed by atoms with van der Waals surface area (Å²) in [4.78, 5) is 0. The third kappa shape index (κ3) is 1.16. The Morgan fingerprint density at radius 1 is 1.57 bits per heavy atom. The molecule has 0 amide bonds. The molecule has 1 aliphatic rings. The molecule has 0 aromatic heterocycles. The Morgan fingerprint density at radius 2 is 2.29 bits per heavy atom. The first-order valence-corrected chi connectivity index (χ1v) is 3.72. The summed E-state index contributed by atoms with van der Waals surface area (Å²) < 4.78 is 5.17. The minimum atomic E-state index is 0.532. The molecule has 2 atom stereocenters. The zero-order valence-electron chi connectivity index (χ0n) is 4.36. The molecule has 1 fully saturated rings. The molecular weight excluding hydrogens is 156 g/mol. The van der Waals surface area contributed by atoms with Crippen LogP contribution in [0.2, 0.25) is 0 Å². The van der Waals surface area contributed by atoms with Crippen molar-refractivity contribution in [2.75, 3.05) is 5.33 Å². The second-order valence-corrected chi connectivity index (χ2v) is 2.42. The van der Waals surface area contributed by atoms with E-state index < -0.39 is 0 Å². The standard InChI is InChI=1S/C5H9BrO/c1-2-4-5(3-6)7-4/h4-5H,2-3H2,1H3/t4-,5+/m1/s1. The lowest BCUT2D eigenvalue weighted by molar-refractivity contribution is 0.377. The highest BCUT2D eigenvalue weighted by atomic mass is 79.9. The minimum Gasteiger partial charge on any atom is -0.369 e. The van der Waals surface area contributed by atoms with Crippen molar-refractivity contribution in [3.8, 4) is 0 Å². The monoisotopic (exact) mass is 164 g/mol. The van der Waals surface area contributed by atoms with Gasteiger partial charge in [-0.2, -0.15) is 0 Å². The van der Waals surface area contributed by atoms with Gasteiger partial charge in [0.1, 0.15) is 0 Å². The van der Waals surface area contributed by atoms with E-state index in [-0.39, 0.29) is 0 Å². The van der Waals surface area contributed by atoms with E-state index in [4.69, 9.17) is 4.74 Å². The maximum atomic E-state index is 5.17. The molecule has 1 nitrogen and oxygen atoms in total. The van der Waals surface area contributed by atoms with Gasteiger partial charge in [0.05, 0.1) is 12.2 Å². The van der Waals surface area contributed by atoms with Gasteiger partial charge in [-0.05, 0) is 6.42 Å². The number of hydrogen-bond acceptors (Lipinski definition) is 1. The molecule has 1 aliphatic heterocycles. The van der Waals surface area contributed by atoms with E-state index in [0.29, 0.717) is 12.2 Å². The van der Waals surface area contributed by atoms with Crippen LogP contribution in [0, 0.1) is 0 Å². The fourth-order valence-corrected chi connectivity index (χ4v) is 1.24. The molecule has 0 saturated carbocycles. The van der Waals surface area contributed by atoms with Gasteiger partial charge in [-0.25, -0.2) is 0 Å². The van der Waals surface area contributed by atoms with Crippen LogP contribution in [0.4, 0.5) is 0 Å². The average Bonchev–Trinajstić information content (AvgIpc) is 2.43. The van der Waals surface area contributed by atoms with Crippen molar-refractivity contribution in [3.63, 3.8) is 0 Å². The van der Waals surface area contributed by atoms with Crippen LogP contribution in [0.5, 0.6) is 0 Å². The van der Waals surface area contributed by atoms with Gasteiger partial charge in [-0.15, -0.1) is 0 Å². The van der Waals surface area contributed by atoms with Crippen molar-refractivity contribution in [1.82, 2.24) is 0 Å². The van der Waals surface area contributed by atoms with E-state index in [1.807, 2.05) is 0 Å². The van der Waals surface area contributed by atoms with Gasteiger partial charge in [-0.3, -0.25) is 0 Å². The second kappa shape index (κ2) is 2.14. The van der Waals surface area contributed by atoms with E-state index in [9.17, 15) is 0 Å². The minimum absolute atomic E-state index is 0.532. The second-order valence-electron chi connectivity index (χ2n) is 1.78. The Hall–Kier alpha value is 0.440. The maximum Gasteiger partial charge on any atom is 0.0938 e. The summed E-state index contributed by atoms with van der Waals surface area (Å²) in [6, 6.07) is 0. The highest BCUT2D eigenvalue weighted by molar-refractivity contribution is 9.09. The quantitative estimate of drug-likeness (QED) is 0.446. The molecule has 2 heteroatoms. The molecule has 0 aromatic carbocycles. The first-order valence-electron chi connectivity index (χ1n) is 2.60. The fraction of sp³-hybridized carbons (Fsp3) is 1.00. The molecule has 1 rings (SSSR count). The summed E-state index contributed by atoms with van der Waals surface area (Å²) in [6.07, 6.45) is 2.26. The van der Waals surface area contributed by atoms with Crippen LogP contribution >= 0.6 is 15.9 Å². The molecular formula is C5H9BrO. The van der Waals surface area contributed by atoms with Crippen molar-refractivity contribution in [2.24, 2.45) is 0 Å². The maximum absolute atomic E-state index is 5.17. The third-order valence-electron chi connectivity index (χ3n) is 1.24. The molecule has 0 N–H and O–H groups in total. The fourth-order valence-electron chi connectivity index (χ4n) is 0.674. The van der Waals surface area contributed by atoms with Crippen LogP contribution in [0.15, 0.2) is 0 Å². The Labute approximate surface area is 52.2 Å². The van der Waals surface area contributed by atoms with E-state index in [2.05, 4.69) is 22.9 Å². The van der Waals surface area contributed by atoms with Crippen LogP contribution < -0.4 is 0 Å². The van der Waals surface area contributed by atoms with Gasteiger partial charge in [0.2, 0.25) is 0 Å². The Kier molecular flexibility index (Phi) is 1.70. The van der Waals surface area contributed by atoms with Crippen LogP contribution in [-0.2, 0) is 4.74 Å². The molecule has 1 saturated heterocycles. The topological polar surface area (TPSA) is 12.5 Å². The van der Waals surface area contributed by atoms with Gasteiger partial charge in [0.15, 0.2) is 0 Å². The van der Waals surface area contributed by atoms with E-state index >= 15 is 0 Å². The van der Waals surface area contributed by atoms with Crippen LogP contribution in [0.1, 0.15) is 13.3 Å². The van der Waals surface area contributed by atoms with Crippen molar-refractivity contribution in [2.45, 2.75) is 25.6 Å². The number of ether oxygens (including phenoxy) is 1. The lowest BCUT2D eigenvalue weighted by Gasteiger charge is -1.76. The molecule has 7 heavy (non-hydrogen) atoms. The predicted molar refractivity (Wildman–Crippen MR) is 32.7 cm³/mol. The number of hydrogen-bond donors (Lipinski definition) is 0. The third-order valence-corrected chi connectivity index (χ3v) is 1.88. The predicted octanol–water partition coefficient (Wildman–Crippen LogP) is 1.56. The molecule has 1 heterocycles. The highest BCUT2D eigenvalue weighted by Gasteiger charge is 2.35. The summed E-state index contributed by atoms with van der Waals surface area (Å²) >= 11 is 3.33. The van der Waals surface area contributed by atoms with Crippen molar-refractivity contribution >= 4 is 15.9 Å². The largest absolute Gasteiger partial charge is 0.369 e. The molecule has 0 unspecified atom stereocenters. The Morgan fingerprint density at radius 3 is 2.43 bits per heavy atom. The van der Waals surface area contributed by atoms with Crippen LogP contribution in [0.3, 0.4) is 0 Å². The highest BCUT2D eigenvalue weighted by Crippen LogP contribution is 2.25. The van der Waals surface area contributed by atoms with Gasteiger partial charge >= 0.3 is 0 Å². The Balaban J connectivity index is 2.06. The summed E-state index contributed by atoms with van der Waals surface area (Å²) in [5.41, 5.74) is 0. The first kappa shape index (κ1) is 5.57. The molecule has 0 spiro atoms. The molecule has 42 valence electrons. The SMILES string of the molecule is CC[C@H]1O[C@H]1CBr. The molecule has 0 radical (unpaired) electrons. The number of epoxide rings is 1. The summed E-state index contributed by atoms with van der Waals surface area (Å²) in [6.45, 7) is 2.15. The molecule has 0 aromatic rings. The summed E-state index contributed by atoms with van der Waals surface area (Å²) in [5, 5.41) is 1.01. The number of rotatable bonds is 2. The van der Waals surface area contributed by atoms with E-state index in [1.165, 1.54) is 0 Å². The van der Waals surface area contributed by atoms with Gasteiger partial charge in [0, 0.05) is 5.33 Å². The Bertz CT molecular complexity index is 57.1. The smallest absolute Gasteiger partial charge is 0.0938 e. The normalized spacial score (nSPS) is 38.6. The summed E-state index contributed by atoms with van der Waals surface area (Å²) in [5.74, 6) is 0. The van der Waals surface area contributed by atoms with Gasteiger partial charge < -0.3 is 4.74 Å². The van der Waals surface area contributed by atoms with Gasteiger partial charge in [0.25, 0.3) is 0 Å². The number of alkyl halides is 1. The zero-order valence-corrected chi connectivity index (χ0v) is 5.94. The lowest BCUT2D eigenvalue weighted by atomic mass is 10.3. The van der Waals surface area contributed by atoms with Crippen LogP contribution in [-0.4, -0.2) is 17.5 Å². The average molecular weight is 165 g/mol. The van der Waals surface area contributed by atoms with Crippen LogP contribution in [0.25, 0.3) is 0 Å². The summed E-state index contributed by atoms with van der Waals surface area (Å²) in [7, 11) is 0. The van der Waals surface area contributed by atoms with Crippen molar-refractivity contribution in [1.29, 1.82) is 0 Å². The molecule has 0 aliphatic carbocycles. The first-order chi connectivity index (χ1) is 3.38. The van der Waals surface area contributed by atoms with E-state index in [0.717, 1.165) is 11.8 Å². The number of halogens is 1. The van der Waals surface area contributed by atoms with Crippen molar-refractivity contribution in [3.05, 3.63) is 0 Å². The van der Waals surface area contributed by atoms with Crippen molar-refractivity contribution < 1.29 is 4.74 Å². The van der Waals surface area contributed by atoms with E-state index in [1.54, 1.807) is 0 Å².